The molecule has 0 spiro atoms. The molecule has 2 rings (SSSR count). The van der Waals surface area contributed by atoms with Crippen LogP contribution in [0.3, 0.4) is 0 Å². The lowest BCUT2D eigenvalue weighted by atomic mass is 10.2. The van der Waals surface area contributed by atoms with Gasteiger partial charge in [0, 0.05) is 0 Å². The summed E-state index contributed by atoms with van der Waals surface area (Å²) in [5.41, 5.74) is 4.86. The fourth-order valence-electron chi connectivity index (χ4n) is 1.82. The molecule has 2 fully saturated rings. The summed E-state index contributed by atoms with van der Waals surface area (Å²) in [6, 6.07) is 0. The molecule has 1 amide bonds. The normalized spacial score (nSPS) is 34.9. The number of nitrogens with two attached hydrogens (primary N) is 1. The molecule has 0 saturated heterocycles. The van der Waals surface area contributed by atoms with Crippen molar-refractivity contribution in [2.75, 3.05) is 0 Å². The second-order valence-corrected chi connectivity index (χ2v) is 6.49. The highest BCUT2D eigenvalue weighted by molar-refractivity contribution is 7.90. The van der Waals surface area contributed by atoms with E-state index in [4.69, 9.17) is 5.73 Å². The molecule has 15 heavy (non-hydrogen) atoms. The maximum absolute atomic E-state index is 11.6. The van der Waals surface area contributed by atoms with Crippen LogP contribution in [0.5, 0.6) is 0 Å². The molecule has 0 aromatic carbocycles. The van der Waals surface area contributed by atoms with Crippen molar-refractivity contribution in [2.24, 2.45) is 11.7 Å². The van der Waals surface area contributed by atoms with Gasteiger partial charge in [-0.3, -0.25) is 9.52 Å². The molecule has 3 N–H and O–H groups in total. The number of amides is 1. The topological polar surface area (TPSA) is 89.3 Å². The highest BCUT2D eigenvalue weighted by Gasteiger charge is 2.57. The monoisotopic (exact) mass is 232 g/mol. The van der Waals surface area contributed by atoms with Crippen molar-refractivity contribution in [1.82, 2.24) is 4.72 Å². The number of rotatable bonds is 4. The van der Waals surface area contributed by atoms with Crippen molar-refractivity contribution in [3.63, 3.8) is 0 Å². The van der Waals surface area contributed by atoms with Gasteiger partial charge in [-0.15, -0.1) is 0 Å². The third-order valence-electron chi connectivity index (χ3n) is 3.27. The number of hydrogen-bond donors (Lipinski definition) is 2. The molecule has 0 aromatic heterocycles. The van der Waals surface area contributed by atoms with E-state index in [2.05, 4.69) is 4.72 Å². The van der Waals surface area contributed by atoms with Gasteiger partial charge in [0.1, 0.15) is 0 Å². The van der Waals surface area contributed by atoms with Gasteiger partial charge in [0.15, 0.2) is 0 Å². The molecule has 6 heteroatoms. The zero-order valence-corrected chi connectivity index (χ0v) is 9.51. The minimum atomic E-state index is -3.44. The maximum Gasteiger partial charge on any atom is 0.253 e. The van der Waals surface area contributed by atoms with E-state index in [0.29, 0.717) is 19.3 Å². The van der Waals surface area contributed by atoms with Crippen LogP contribution in [0.25, 0.3) is 0 Å². The fourth-order valence-corrected chi connectivity index (χ4v) is 3.19. The number of carbonyl (C=O) groups excluding carboxylic acids is 1. The second-order valence-electron chi connectivity index (χ2n) is 4.53. The van der Waals surface area contributed by atoms with Crippen molar-refractivity contribution in [3.05, 3.63) is 0 Å². The van der Waals surface area contributed by atoms with Crippen LogP contribution in [0.1, 0.15) is 32.6 Å². The lowest BCUT2D eigenvalue weighted by molar-refractivity contribution is -0.121. The Morgan fingerprint density at radius 3 is 2.53 bits per heavy atom. The van der Waals surface area contributed by atoms with Gasteiger partial charge in [0.2, 0.25) is 10.0 Å². The van der Waals surface area contributed by atoms with Crippen molar-refractivity contribution in [2.45, 2.75) is 43.4 Å². The first-order chi connectivity index (χ1) is 6.90. The molecule has 0 heterocycles. The molecule has 2 aliphatic carbocycles. The number of carbonyl (C=O) groups is 1. The first kappa shape index (κ1) is 10.9. The smallest absolute Gasteiger partial charge is 0.253 e. The summed E-state index contributed by atoms with van der Waals surface area (Å²) < 4.78 is 25.1. The third-order valence-corrected chi connectivity index (χ3v) is 5.09. The van der Waals surface area contributed by atoms with Gasteiger partial charge in [-0.05, 0) is 25.2 Å². The lowest BCUT2D eigenvalue weighted by Gasteiger charge is -2.11. The molecule has 2 atom stereocenters. The highest BCUT2D eigenvalue weighted by Crippen LogP contribution is 2.43. The van der Waals surface area contributed by atoms with E-state index in [9.17, 15) is 13.2 Å². The highest BCUT2D eigenvalue weighted by atomic mass is 32.2. The average Bonchev–Trinajstić information content (AvgIpc) is 2.97. The Hall–Kier alpha value is -0.620. The Kier molecular flexibility index (Phi) is 2.31. The Morgan fingerprint density at radius 1 is 1.53 bits per heavy atom. The largest absolute Gasteiger partial charge is 0.317 e. The predicted molar refractivity (Wildman–Crippen MR) is 55.4 cm³/mol. The van der Waals surface area contributed by atoms with Gasteiger partial charge in [0.25, 0.3) is 5.91 Å². The summed E-state index contributed by atoms with van der Waals surface area (Å²) >= 11 is 0. The lowest BCUT2D eigenvalue weighted by Crippen LogP contribution is -2.47. The van der Waals surface area contributed by atoms with Gasteiger partial charge < -0.3 is 5.73 Å². The number of nitrogens with one attached hydrogen (secondary N) is 1. The summed E-state index contributed by atoms with van der Waals surface area (Å²) in [6.45, 7) is 1.95. The van der Waals surface area contributed by atoms with E-state index in [1.54, 1.807) is 0 Å². The van der Waals surface area contributed by atoms with E-state index in [0.717, 1.165) is 6.42 Å². The molecule has 2 aliphatic rings. The summed E-state index contributed by atoms with van der Waals surface area (Å²) in [5, 5.41) is -0.371. The van der Waals surface area contributed by atoms with Gasteiger partial charge in [0.05, 0.1) is 10.8 Å². The first-order valence-corrected chi connectivity index (χ1v) is 6.79. The standard InChI is InChI=1S/C9H16N2O3S/c1-2-6-5-9(6,10)8(12)11-15(13,14)7-3-4-7/h6-7H,2-5,10H2,1H3,(H,11,12)/t6-,9+/m1/s1. The van der Waals surface area contributed by atoms with E-state index in [1.165, 1.54) is 0 Å². The van der Waals surface area contributed by atoms with Crippen LogP contribution < -0.4 is 10.5 Å². The van der Waals surface area contributed by atoms with Crippen molar-refractivity contribution >= 4 is 15.9 Å². The molecule has 0 aliphatic heterocycles. The van der Waals surface area contributed by atoms with Crippen LogP contribution in [0.2, 0.25) is 0 Å². The molecule has 0 aromatic rings. The van der Waals surface area contributed by atoms with Gasteiger partial charge in [-0.25, -0.2) is 8.42 Å². The van der Waals surface area contributed by atoms with Crippen molar-refractivity contribution < 1.29 is 13.2 Å². The van der Waals surface area contributed by atoms with Crippen LogP contribution in [0.4, 0.5) is 0 Å². The van der Waals surface area contributed by atoms with Gasteiger partial charge in [-0.2, -0.15) is 0 Å². The van der Waals surface area contributed by atoms with E-state index in [1.807, 2.05) is 6.92 Å². The number of sulfonamides is 1. The molecular weight excluding hydrogens is 216 g/mol. The zero-order chi connectivity index (χ0) is 11.3. The van der Waals surface area contributed by atoms with E-state index < -0.39 is 21.5 Å². The molecule has 0 bridgehead atoms. The fraction of sp³-hybridized carbons (Fsp3) is 0.889. The van der Waals surface area contributed by atoms with Crippen molar-refractivity contribution in [3.8, 4) is 0 Å². The Bertz CT molecular complexity index is 388. The zero-order valence-electron chi connectivity index (χ0n) is 8.69. The Labute approximate surface area is 89.5 Å². The molecule has 5 nitrogen and oxygen atoms in total. The van der Waals surface area contributed by atoms with E-state index >= 15 is 0 Å². The molecule has 2 saturated carbocycles. The predicted octanol–water partition coefficient (Wildman–Crippen LogP) is -0.278. The van der Waals surface area contributed by atoms with Crippen molar-refractivity contribution in [1.29, 1.82) is 0 Å². The summed E-state index contributed by atoms with van der Waals surface area (Å²) in [5.74, 6) is -0.395. The SMILES string of the molecule is CC[C@@H]1C[C@@]1(N)C(=O)NS(=O)(=O)C1CC1. The minimum absolute atomic E-state index is 0.131. The van der Waals surface area contributed by atoms with Gasteiger partial charge in [-0.1, -0.05) is 13.3 Å². The summed E-state index contributed by atoms with van der Waals surface area (Å²) in [6.07, 6.45) is 2.71. The summed E-state index contributed by atoms with van der Waals surface area (Å²) in [4.78, 5) is 11.6. The Balaban J connectivity index is 1.99. The minimum Gasteiger partial charge on any atom is -0.317 e. The molecular formula is C9H16N2O3S. The van der Waals surface area contributed by atoms with Crippen LogP contribution in [0.15, 0.2) is 0 Å². The summed E-state index contributed by atoms with van der Waals surface area (Å²) in [7, 11) is -3.44. The third kappa shape index (κ3) is 1.88. The molecule has 0 radical (unpaired) electrons. The molecule has 0 unspecified atom stereocenters. The second kappa shape index (κ2) is 3.18. The van der Waals surface area contributed by atoms with Crippen LogP contribution in [-0.2, 0) is 14.8 Å². The van der Waals surface area contributed by atoms with E-state index in [-0.39, 0.29) is 11.2 Å². The maximum atomic E-state index is 11.6. The number of hydrogen-bond acceptors (Lipinski definition) is 4. The van der Waals surface area contributed by atoms with Gasteiger partial charge >= 0.3 is 0 Å². The molecule has 86 valence electrons. The Morgan fingerprint density at radius 2 is 2.13 bits per heavy atom. The van der Waals surface area contributed by atoms with Crippen LogP contribution in [-0.4, -0.2) is 25.1 Å². The average molecular weight is 232 g/mol. The quantitative estimate of drug-likeness (QED) is 0.697. The van der Waals surface area contributed by atoms with Crippen LogP contribution >= 0.6 is 0 Å². The first-order valence-electron chi connectivity index (χ1n) is 5.25. The van der Waals surface area contributed by atoms with Crippen LogP contribution in [0, 0.1) is 5.92 Å².